The molecule has 2 atom stereocenters. The summed E-state index contributed by atoms with van der Waals surface area (Å²) in [5.41, 5.74) is 3.84. The van der Waals surface area contributed by atoms with Gasteiger partial charge < -0.3 is 14.2 Å². The molecule has 0 spiro atoms. The molecule has 0 bridgehead atoms. The Morgan fingerprint density at radius 2 is 1.71 bits per heavy atom. The number of hydrazone groups is 1. The van der Waals surface area contributed by atoms with E-state index >= 15 is 0 Å². The number of para-hydroxylation sites is 1. The van der Waals surface area contributed by atoms with Crippen LogP contribution in [0, 0.1) is 0 Å². The lowest BCUT2D eigenvalue weighted by Crippen LogP contribution is -2.34. The lowest BCUT2D eigenvalue weighted by atomic mass is 9.95. The van der Waals surface area contributed by atoms with Crippen LogP contribution in [0.15, 0.2) is 65.8 Å². The summed E-state index contributed by atoms with van der Waals surface area (Å²) in [5, 5.41) is 8.32. The zero-order valence-corrected chi connectivity index (χ0v) is 18.5. The Morgan fingerprint density at radius 3 is 2.45 bits per heavy atom. The molecular weight excluding hydrogens is 435 g/mol. The van der Waals surface area contributed by atoms with Crippen molar-refractivity contribution in [1.82, 2.24) is 5.01 Å². The van der Waals surface area contributed by atoms with Gasteiger partial charge in [-0.2, -0.15) is 5.10 Å². The number of fused-ring (bicyclic) bond motifs is 3. The highest BCUT2D eigenvalue weighted by atomic mass is 35.5. The van der Waals surface area contributed by atoms with E-state index in [9.17, 15) is 0 Å². The van der Waals surface area contributed by atoms with Crippen molar-refractivity contribution >= 4 is 28.9 Å². The van der Waals surface area contributed by atoms with Gasteiger partial charge in [0.05, 0.1) is 31.5 Å². The summed E-state index contributed by atoms with van der Waals surface area (Å²) < 4.78 is 17.6. The SMILES string of the molecule is COc1cccc(C2Oc3ccc(Cl)cc3C3CC(c4ccc(Cl)cc4)=NN32)c1OC. The quantitative estimate of drug-likeness (QED) is 0.466. The summed E-state index contributed by atoms with van der Waals surface area (Å²) in [4.78, 5) is 0. The van der Waals surface area contributed by atoms with E-state index in [0.717, 1.165) is 34.6 Å². The average Bonchev–Trinajstić information content (AvgIpc) is 3.24. The number of methoxy groups -OCH3 is 2. The molecule has 0 N–H and O–H groups in total. The molecule has 3 aromatic carbocycles. The topological polar surface area (TPSA) is 43.3 Å². The molecule has 0 radical (unpaired) electrons. The summed E-state index contributed by atoms with van der Waals surface area (Å²) in [6.07, 6.45) is 0.245. The van der Waals surface area contributed by atoms with E-state index < -0.39 is 6.23 Å². The highest BCUT2D eigenvalue weighted by molar-refractivity contribution is 6.31. The largest absolute Gasteiger partial charge is 0.493 e. The van der Waals surface area contributed by atoms with Crippen LogP contribution in [-0.4, -0.2) is 24.9 Å². The van der Waals surface area contributed by atoms with E-state index in [1.807, 2.05) is 65.7 Å². The second kappa shape index (κ2) is 7.98. The Hall–Kier alpha value is -2.89. The van der Waals surface area contributed by atoms with E-state index in [1.165, 1.54) is 0 Å². The van der Waals surface area contributed by atoms with E-state index in [1.54, 1.807) is 14.2 Å². The maximum atomic E-state index is 6.44. The van der Waals surface area contributed by atoms with Crippen LogP contribution in [0.3, 0.4) is 0 Å². The van der Waals surface area contributed by atoms with Gasteiger partial charge in [-0.05, 0) is 48.0 Å². The van der Waals surface area contributed by atoms with Gasteiger partial charge in [0.25, 0.3) is 0 Å². The lowest BCUT2D eigenvalue weighted by molar-refractivity contribution is -0.0205. The van der Waals surface area contributed by atoms with Gasteiger partial charge in [-0.25, -0.2) is 5.01 Å². The molecule has 31 heavy (non-hydrogen) atoms. The monoisotopic (exact) mass is 454 g/mol. The zero-order chi connectivity index (χ0) is 21.5. The summed E-state index contributed by atoms with van der Waals surface area (Å²) in [5.74, 6) is 2.05. The Kier molecular flexibility index (Phi) is 5.16. The molecule has 2 unspecified atom stereocenters. The molecule has 158 valence electrons. The maximum absolute atomic E-state index is 6.44. The van der Waals surface area contributed by atoms with Crippen LogP contribution in [0.2, 0.25) is 10.0 Å². The summed E-state index contributed by atoms with van der Waals surface area (Å²) >= 11 is 12.4. The van der Waals surface area contributed by atoms with Gasteiger partial charge in [-0.3, -0.25) is 0 Å². The molecule has 7 heteroatoms. The molecule has 2 aliphatic rings. The van der Waals surface area contributed by atoms with Crippen LogP contribution in [-0.2, 0) is 0 Å². The number of hydrogen-bond donors (Lipinski definition) is 0. The molecule has 5 rings (SSSR count). The number of benzene rings is 3. The van der Waals surface area contributed by atoms with Gasteiger partial charge in [0.15, 0.2) is 11.5 Å². The number of nitrogens with zero attached hydrogens (tertiary/aromatic N) is 2. The predicted molar refractivity (Wildman–Crippen MR) is 122 cm³/mol. The fourth-order valence-corrected chi connectivity index (χ4v) is 4.49. The van der Waals surface area contributed by atoms with Crippen molar-refractivity contribution in [3.8, 4) is 17.2 Å². The molecule has 0 fully saturated rings. The molecule has 0 saturated carbocycles. The van der Waals surface area contributed by atoms with Crippen molar-refractivity contribution in [3.63, 3.8) is 0 Å². The van der Waals surface area contributed by atoms with Gasteiger partial charge in [0.2, 0.25) is 6.23 Å². The highest BCUT2D eigenvalue weighted by Gasteiger charge is 2.42. The number of hydrogen-bond acceptors (Lipinski definition) is 5. The van der Waals surface area contributed by atoms with Gasteiger partial charge in [0.1, 0.15) is 5.75 Å². The summed E-state index contributed by atoms with van der Waals surface area (Å²) in [6.45, 7) is 0. The van der Waals surface area contributed by atoms with Gasteiger partial charge >= 0.3 is 0 Å². The molecule has 0 aromatic heterocycles. The molecule has 3 aromatic rings. The molecule has 0 aliphatic carbocycles. The normalized spacial score (nSPS) is 19.2. The minimum absolute atomic E-state index is 0.0194. The third-order valence-corrected chi connectivity index (χ3v) is 6.12. The Balaban J connectivity index is 1.64. The van der Waals surface area contributed by atoms with E-state index in [2.05, 4.69) is 0 Å². The standard InChI is InChI=1S/C24H20Cl2N2O3/c1-29-22-5-3-4-17(23(22)30-2)24-28-20(18-12-16(26)10-11-21(18)31-24)13-19(27-28)14-6-8-15(25)9-7-14/h3-12,20,24H,13H2,1-2H3. The first-order valence-corrected chi connectivity index (χ1v) is 10.6. The van der Waals surface area contributed by atoms with Crippen LogP contribution < -0.4 is 14.2 Å². The minimum atomic E-state index is -0.478. The maximum Gasteiger partial charge on any atom is 0.217 e. The van der Waals surface area contributed by atoms with Gasteiger partial charge in [0, 0.05) is 22.0 Å². The third kappa shape index (κ3) is 3.48. The lowest BCUT2D eigenvalue weighted by Gasteiger charge is -2.38. The second-order valence-corrected chi connectivity index (χ2v) is 8.26. The van der Waals surface area contributed by atoms with E-state index in [4.69, 9.17) is 42.5 Å². The smallest absolute Gasteiger partial charge is 0.217 e. The molecule has 5 nitrogen and oxygen atoms in total. The van der Waals surface area contributed by atoms with Crippen molar-refractivity contribution in [2.75, 3.05) is 14.2 Å². The Morgan fingerprint density at radius 1 is 0.935 bits per heavy atom. The van der Waals surface area contributed by atoms with Crippen molar-refractivity contribution in [3.05, 3.63) is 87.4 Å². The van der Waals surface area contributed by atoms with Crippen molar-refractivity contribution < 1.29 is 14.2 Å². The van der Waals surface area contributed by atoms with Crippen molar-refractivity contribution in [1.29, 1.82) is 0 Å². The van der Waals surface area contributed by atoms with Gasteiger partial charge in [-0.15, -0.1) is 0 Å². The first-order valence-electron chi connectivity index (χ1n) is 9.88. The highest BCUT2D eigenvalue weighted by Crippen LogP contribution is 2.50. The fraction of sp³-hybridized carbons (Fsp3) is 0.208. The first-order chi connectivity index (χ1) is 15.1. The molecular formula is C24H20Cl2N2O3. The zero-order valence-electron chi connectivity index (χ0n) is 17.0. The van der Waals surface area contributed by atoms with E-state index in [-0.39, 0.29) is 6.04 Å². The Bertz CT molecular complexity index is 1160. The van der Waals surface area contributed by atoms with Crippen LogP contribution in [0.25, 0.3) is 0 Å². The fourth-order valence-electron chi connectivity index (χ4n) is 4.19. The number of halogens is 2. The van der Waals surface area contributed by atoms with Crippen LogP contribution in [0.1, 0.15) is 35.4 Å². The number of ether oxygens (including phenoxy) is 3. The van der Waals surface area contributed by atoms with Crippen molar-refractivity contribution in [2.24, 2.45) is 5.10 Å². The minimum Gasteiger partial charge on any atom is -0.493 e. The van der Waals surface area contributed by atoms with E-state index in [0.29, 0.717) is 21.5 Å². The van der Waals surface area contributed by atoms with Crippen LogP contribution >= 0.6 is 23.2 Å². The second-order valence-electron chi connectivity index (χ2n) is 7.39. The molecule has 0 saturated heterocycles. The van der Waals surface area contributed by atoms with Gasteiger partial charge in [-0.1, -0.05) is 41.4 Å². The molecule has 2 aliphatic heterocycles. The van der Waals surface area contributed by atoms with Crippen molar-refractivity contribution in [2.45, 2.75) is 18.7 Å². The molecule has 2 heterocycles. The predicted octanol–water partition coefficient (Wildman–Crippen LogP) is 6.25. The summed E-state index contributed by atoms with van der Waals surface area (Å²) in [7, 11) is 3.25. The first kappa shape index (κ1) is 20.0. The third-order valence-electron chi connectivity index (χ3n) is 5.63. The average molecular weight is 455 g/mol. The molecule has 0 amide bonds. The summed E-state index contributed by atoms with van der Waals surface area (Å²) in [6, 6.07) is 19.2. The Labute approximate surface area is 190 Å². The van der Waals surface area contributed by atoms with Crippen LogP contribution in [0.4, 0.5) is 0 Å². The number of rotatable bonds is 4. The van der Waals surface area contributed by atoms with Crippen LogP contribution in [0.5, 0.6) is 17.2 Å².